The predicted molar refractivity (Wildman–Crippen MR) is 288 cm³/mol. The van der Waals surface area contributed by atoms with Gasteiger partial charge in [0, 0.05) is 19.3 Å². The van der Waals surface area contributed by atoms with Gasteiger partial charge in [0.05, 0.1) is 19.8 Å². The molecule has 0 aliphatic rings. The molecular weight excluding hydrogens is 904 g/mol. The van der Waals surface area contributed by atoms with E-state index in [2.05, 4.69) is 118 Å². The van der Waals surface area contributed by atoms with Gasteiger partial charge in [-0.05, 0) is 109 Å². The third-order valence-corrected chi connectivity index (χ3v) is 11.9. The van der Waals surface area contributed by atoms with Gasteiger partial charge in [0.25, 0.3) is 0 Å². The first kappa shape index (κ1) is 66.4. The molecule has 3 atom stereocenters. The second-order valence-corrected chi connectivity index (χ2v) is 19.1. The number of phosphoric acid groups is 1. The van der Waals surface area contributed by atoms with Crippen molar-refractivity contribution >= 4 is 25.7 Å². The molecule has 12 heteroatoms. The summed E-state index contributed by atoms with van der Waals surface area (Å²) in [5.74, 6) is -1.54. The van der Waals surface area contributed by atoms with Gasteiger partial charge in [-0.2, -0.15) is 0 Å². The molecule has 3 unspecified atom stereocenters. The maximum Gasteiger partial charge on any atom is 0.472 e. The van der Waals surface area contributed by atoms with Crippen LogP contribution in [0.5, 0.6) is 0 Å². The Morgan fingerprint density at radius 2 is 0.771 bits per heavy atom. The summed E-state index contributed by atoms with van der Waals surface area (Å²) in [6.07, 6.45) is 59.5. The number of rotatable bonds is 49. The molecule has 0 fully saturated rings. The Balaban J connectivity index is 4.83. The van der Waals surface area contributed by atoms with Crippen LogP contribution in [-0.2, 0) is 42.2 Å². The topological polar surface area (TPSA) is 155 Å². The normalized spacial score (nSPS) is 14.2. The molecule has 0 bridgehead atoms. The summed E-state index contributed by atoms with van der Waals surface area (Å²) >= 11 is 0. The number of phosphoric ester groups is 1. The summed E-state index contributed by atoms with van der Waals surface area (Å²) in [5, 5.41) is 9.77. The monoisotopic (exact) mass is 1000 g/mol. The zero-order valence-electron chi connectivity index (χ0n) is 43.9. The molecule has 0 radical (unpaired) electrons. The minimum absolute atomic E-state index is 0.121. The lowest BCUT2D eigenvalue weighted by Crippen LogP contribution is -2.30. The molecule has 0 aromatic rings. The average Bonchev–Trinajstić information content (AvgIpc) is 3.35. The van der Waals surface area contributed by atoms with Crippen LogP contribution in [0.15, 0.2) is 97.2 Å². The lowest BCUT2D eigenvalue weighted by Gasteiger charge is -2.21. The van der Waals surface area contributed by atoms with E-state index in [1.54, 1.807) is 0 Å². The van der Waals surface area contributed by atoms with Crippen LogP contribution in [0.3, 0.4) is 0 Å². The molecule has 400 valence electrons. The molecule has 2 N–H and O–H groups in total. The fraction of sp³-hybridized carbons (Fsp3) is 0.672. The smallest absolute Gasteiger partial charge is 0.462 e. The first-order valence-electron chi connectivity index (χ1n) is 27.1. The summed E-state index contributed by atoms with van der Waals surface area (Å²) in [5.41, 5.74) is 0. The Labute approximate surface area is 425 Å². The summed E-state index contributed by atoms with van der Waals surface area (Å²) < 4.78 is 39.3. The Kier molecular flexibility index (Phi) is 49.1. The molecule has 0 saturated carbocycles. The van der Waals surface area contributed by atoms with Crippen LogP contribution in [0, 0.1) is 0 Å². The van der Waals surface area contributed by atoms with Gasteiger partial charge in [-0.25, -0.2) is 4.57 Å². The van der Waals surface area contributed by atoms with E-state index in [9.17, 15) is 28.9 Å². The number of ether oxygens (including phenoxy) is 3. The lowest BCUT2D eigenvalue weighted by molar-refractivity contribution is -0.161. The van der Waals surface area contributed by atoms with Crippen molar-refractivity contribution in [1.29, 1.82) is 0 Å². The zero-order chi connectivity index (χ0) is 51.3. The van der Waals surface area contributed by atoms with Crippen molar-refractivity contribution in [2.75, 3.05) is 26.4 Å². The fourth-order valence-electron chi connectivity index (χ4n) is 6.81. The van der Waals surface area contributed by atoms with E-state index in [0.29, 0.717) is 19.3 Å². The van der Waals surface area contributed by atoms with Crippen molar-refractivity contribution in [1.82, 2.24) is 0 Å². The first-order valence-corrected chi connectivity index (χ1v) is 28.6. The van der Waals surface area contributed by atoms with Crippen molar-refractivity contribution in [3.8, 4) is 0 Å². The largest absolute Gasteiger partial charge is 0.472 e. The second-order valence-electron chi connectivity index (χ2n) is 17.7. The van der Waals surface area contributed by atoms with E-state index in [1.165, 1.54) is 12.8 Å². The molecule has 0 rings (SSSR count). The van der Waals surface area contributed by atoms with Gasteiger partial charge in [-0.3, -0.25) is 23.4 Å². The molecule has 11 nitrogen and oxygen atoms in total. The molecule has 0 spiro atoms. The van der Waals surface area contributed by atoms with Gasteiger partial charge in [-0.15, -0.1) is 0 Å². The second kappa shape index (κ2) is 51.7. The highest BCUT2D eigenvalue weighted by molar-refractivity contribution is 7.47. The van der Waals surface area contributed by atoms with Crippen molar-refractivity contribution < 1.29 is 52.2 Å². The minimum atomic E-state index is -4.76. The quantitative estimate of drug-likeness (QED) is 0.0197. The van der Waals surface area contributed by atoms with Crippen molar-refractivity contribution in [3.63, 3.8) is 0 Å². The van der Waals surface area contributed by atoms with E-state index in [0.717, 1.165) is 141 Å². The van der Waals surface area contributed by atoms with Gasteiger partial charge < -0.3 is 24.2 Å². The van der Waals surface area contributed by atoms with Crippen LogP contribution in [0.1, 0.15) is 213 Å². The number of aliphatic hydroxyl groups excluding tert-OH is 1. The van der Waals surface area contributed by atoms with Gasteiger partial charge in [0.2, 0.25) is 0 Å². The maximum atomic E-state index is 12.9. The highest BCUT2D eigenvalue weighted by Gasteiger charge is 2.28. The number of esters is 3. The highest BCUT2D eigenvalue weighted by atomic mass is 31.2. The van der Waals surface area contributed by atoms with E-state index in [1.807, 2.05) is 0 Å². The summed E-state index contributed by atoms with van der Waals surface area (Å²) in [6.45, 7) is 4.34. The van der Waals surface area contributed by atoms with E-state index < -0.39 is 57.8 Å². The number of carbonyl (C=O) groups is 3. The number of allylic oxidation sites excluding steroid dienone is 16. The van der Waals surface area contributed by atoms with Crippen LogP contribution in [0.2, 0.25) is 0 Å². The maximum absolute atomic E-state index is 12.9. The Hall–Kier alpha value is -3.60. The van der Waals surface area contributed by atoms with Gasteiger partial charge in [0.1, 0.15) is 12.7 Å². The third-order valence-electron chi connectivity index (χ3n) is 10.9. The Morgan fingerprint density at radius 3 is 1.23 bits per heavy atom. The molecule has 0 aliphatic heterocycles. The third kappa shape index (κ3) is 49.4. The Morgan fingerprint density at radius 1 is 0.414 bits per heavy atom. The predicted octanol–water partition coefficient (Wildman–Crippen LogP) is 15.7. The van der Waals surface area contributed by atoms with Crippen molar-refractivity contribution in [2.24, 2.45) is 0 Å². The van der Waals surface area contributed by atoms with Crippen LogP contribution in [0.25, 0.3) is 0 Å². The van der Waals surface area contributed by atoms with Crippen molar-refractivity contribution in [2.45, 2.75) is 226 Å². The Bertz CT molecular complexity index is 1540. The molecule has 0 aromatic heterocycles. The number of hydrogen-bond acceptors (Lipinski definition) is 10. The van der Waals surface area contributed by atoms with Crippen LogP contribution >= 0.6 is 7.82 Å². The lowest BCUT2D eigenvalue weighted by atomic mass is 10.1. The van der Waals surface area contributed by atoms with E-state index in [4.69, 9.17) is 23.3 Å². The number of carbonyl (C=O) groups excluding carboxylic acids is 3. The standard InChI is InChI=1S/C58H97O11P/c1-4-7-10-13-16-19-22-24-25-26-27-28-29-31-34-37-40-43-46-49-58(62)69-55(51-65-56(60)47-44-41-38-35-33-30-23-20-17-14-11-8-5-2)53-67-70(63,64)66-52-54(50-59)68-57(61)48-45-42-39-36-32-21-18-15-12-9-6-3/h7,10-11,14-16,18-20,23-25,27-28,31,34,54-55,59H,4-6,8-9,12-13,17,21-22,26,29-30,32-33,35-53H2,1-3H3,(H,63,64)/b10-7-,14-11-,18-15-,19-16-,23-20-,25-24-,28-27-,34-31-. The number of unbranched alkanes of at least 4 members (excludes halogenated alkanes) is 16. The fourth-order valence-corrected chi connectivity index (χ4v) is 7.60. The van der Waals surface area contributed by atoms with Crippen molar-refractivity contribution in [3.05, 3.63) is 97.2 Å². The molecule has 70 heavy (non-hydrogen) atoms. The molecule has 0 aromatic carbocycles. The molecule has 0 heterocycles. The molecule has 0 aliphatic carbocycles. The zero-order valence-corrected chi connectivity index (χ0v) is 44.8. The molecule has 0 amide bonds. The van der Waals surface area contributed by atoms with E-state index >= 15 is 0 Å². The van der Waals surface area contributed by atoms with Gasteiger partial charge >= 0.3 is 25.7 Å². The van der Waals surface area contributed by atoms with E-state index in [-0.39, 0.29) is 25.9 Å². The molecular formula is C58H97O11P. The summed E-state index contributed by atoms with van der Waals surface area (Å²) in [4.78, 5) is 48.4. The number of aliphatic hydroxyl groups is 1. The molecule has 0 saturated heterocycles. The first-order chi connectivity index (χ1) is 34.2. The minimum Gasteiger partial charge on any atom is -0.462 e. The summed E-state index contributed by atoms with van der Waals surface area (Å²) in [6, 6.07) is 0. The van der Waals surface area contributed by atoms with Crippen LogP contribution < -0.4 is 0 Å². The summed E-state index contributed by atoms with van der Waals surface area (Å²) in [7, 11) is -4.76. The van der Waals surface area contributed by atoms with Crippen LogP contribution in [-0.4, -0.2) is 66.5 Å². The average molecular weight is 1000 g/mol. The van der Waals surface area contributed by atoms with Crippen LogP contribution in [0.4, 0.5) is 0 Å². The van der Waals surface area contributed by atoms with Gasteiger partial charge in [0.15, 0.2) is 6.10 Å². The highest BCUT2D eigenvalue weighted by Crippen LogP contribution is 2.43. The SMILES string of the molecule is CC/C=C\C/C=C\C/C=C\C/C=C\C/C=C\CCCCCC(=O)OC(COC(=O)CCCCCCC/C=C\C/C=C\CCC)COP(=O)(O)OCC(CO)OC(=O)CCCCCCC/C=C\CCCC. The van der Waals surface area contributed by atoms with Gasteiger partial charge in [-0.1, -0.05) is 182 Å². The number of hydrogen-bond donors (Lipinski definition) is 2.